The van der Waals surface area contributed by atoms with Crippen LogP contribution in [0.3, 0.4) is 0 Å². The summed E-state index contributed by atoms with van der Waals surface area (Å²) >= 11 is 0. The normalized spacial score (nSPS) is 11.0. The summed E-state index contributed by atoms with van der Waals surface area (Å²) in [6.07, 6.45) is 3.48. The van der Waals surface area contributed by atoms with Gasteiger partial charge < -0.3 is 9.30 Å². The van der Waals surface area contributed by atoms with E-state index >= 15 is 0 Å². The van der Waals surface area contributed by atoms with Crippen LogP contribution < -0.4 is 10.3 Å². The maximum absolute atomic E-state index is 13.1. The van der Waals surface area contributed by atoms with E-state index in [0.29, 0.717) is 11.1 Å². The predicted molar refractivity (Wildman–Crippen MR) is 100 cm³/mol. The Morgan fingerprint density at radius 3 is 2.42 bits per heavy atom. The van der Waals surface area contributed by atoms with Crippen molar-refractivity contribution < 1.29 is 4.74 Å². The zero-order valence-electron chi connectivity index (χ0n) is 14.8. The maximum Gasteiger partial charge on any atom is 0.281 e. The number of fused-ring (bicyclic) bond motifs is 1. The van der Waals surface area contributed by atoms with Crippen LogP contribution in [-0.4, -0.2) is 26.4 Å². The van der Waals surface area contributed by atoms with Gasteiger partial charge in [0.25, 0.3) is 5.56 Å². The summed E-state index contributed by atoms with van der Waals surface area (Å²) in [6, 6.07) is 13.0. The number of nitrogens with zero attached hydrogens (tertiary/aromatic N) is 4. The molecule has 0 atom stereocenters. The molecular weight excluding hydrogens is 328 g/mol. The number of benzene rings is 1. The topological polar surface area (TPSA) is 61.9 Å². The van der Waals surface area contributed by atoms with Gasteiger partial charge in [-0.25, -0.2) is 4.98 Å². The van der Waals surface area contributed by atoms with Crippen molar-refractivity contribution in [2.24, 2.45) is 0 Å². The van der Waals surface area contributed by atoms with Crippen LogP contribution in [0.15, 0.2) is 59.7 Å². The number of rotatable bonds is 3. The summed E-state index contributed by atoms with van der Waals surface area (Å²) in [5.74, 6) is 1.52. The molecule has 0 unspecified atom stereocenters. The maximum atomic E-state index is 13.1. The largest absolute Gasteiger partial charge is 0.497 e. The molecule has 0 spiro atoms. The highest BCUT2D eigenvalue weighted by Crippen LogP contribution is 2.25. The third-order valence-corrected chi connectivity index (χ3v) is 4.60. The van der Waals surface area contributed by atoms with Crippen LogP contribution >= 0.6 is 0 Å². The highest BCUT2D eigenvalue weighted by Gasteiger charge is 2.18. The van der Waals surface area contributed by atoms with Gasteiger partial charge in [-0.1, -0.05) is 6.07 Å². The molecule has 0 amide bonds. The summed E-state index contributed by atoms with van der Waals surface area (Å²) in [4.78, 5) is 17.6. The Labute approximate surface area is 150 Å². The lowest BCUT2D eigenvalue weighted by Gasteiger charge is -2.07. The molecule has 6 nitrogen and oxygen atoms in total. The van der Waals surface area contributed by atoms with Gasteiger partial charge in [0, 0.05) is 23.0 Å². The van der Waals surface area contributed by atoms with Gasteiger partial charge in [0.1, 0.15) is 11.6 Å². The number of hydrogen-bond donors (Lipinski definition) is 0. The molecule has 0 saturated carbocycles. The van der Waals surface area contributed by atoms with E-state index in [1.54, 1.807) is 19.5 Å². The zero-order valence-corrected chi connectivity index (χ0v) is 14.8. The summed E-state index contributed by atoms with van der Waals surface area (Å²) in [6.45, 7) is 3.91. The molecule has 0 aliphatic rings. The van der Waals surface area contributed by atoms with Crippen molar-refractivity contribution in [3.05, 3.63) is 76.6 Å². The second-order valence-corrected chi connectivity index (χ2v) is 6.04. The van der Waals surface area contributed by atoms with E-state index in [1.165, 1.54) is 4.68 Å². The number of aromatic nitrogens is 4. The molecule has 0 saturated heterocycles. The lowest BCUT2D eigenvalue weighted by Crippen LogP contribution is -2.21. The summed E-state index contributed by atoms with van der Waals surface area (Å²) < 4.78 is 8.58. The average Bonchev–Trinajstić information content (AvgIpc) is 2.94. The smallest absolute Gasteiger partial charge is 0.281 e. The minimum absolute atomic E-state index is 0.150. The fourth-order valence-electron chi connectivity index (χ4n) is 3.30. The summed E-state index contributed by atoms with van der Waals surface area (Å²) in [5, 5.41) is 5.86. The number of hydrogen-bond acceptors (Lipinski definition) is 4. The number of aryl methyl sites for hydroxylation is 2. The minimum Gasteiger partial charge on any atom is -0.497 e. The molecule has 3 aromatic heterocycles. The van der Waals surface area contributed by atoms with Gasteiger partial charge in [0.2, 0.25) is 0 Å². The molecule has 4 rings (SSSR count). The van der Waals surface area contributed by atoms with Gasteiger partial charge in [0.15, 0.2) is 0 Å². The SMILES string of the molecule is COc1ccc(-n2ncc3c(C)n(-c4ccccn4)c(C)c3c2=O)cc1. The second kappa shape index (κ2) is 6.15. The molecule has 0 bridgehead atoms. The van der Waals surface area contributed by atoms with E-state index in [0.717, 1.165) is 28.3 Å². The van der Waals surface area contributed by atoms with Crippen LogP contribution in [-0.2, 0) is 0 Å². The van der Waals surface area contributed by atoms with Crippen LogP contribution in [0.5, 0.6) is 5.75 Å². The Kier molecular flexibility index (Phi) is 3.80. The summed E-state index contributed by atoms with van der Waals surface area (Å²) in [7, 11) is 1.61. The van der Waals surface area contributed by atoms with Crippen LogP contribution in [0.4, 0.5) is 0 Å². The first-order valence-corrected chi connectivity index (χ1v) is 8.27. The fourth-order valence-corrected chi connectivity index (χ4v) is 3.30. The van der Waals surface area contributed by atoms with Crippen LogP contribution in [0.25, 0.3) is 22.3 Å². The van der Waals surface area contributed by atoms with Gasteiger partial charge in [-0.3, -0.25) is 4.79 Å². The Balaban J connectivity index is 1.96. The quantitative estimate of drug-likeness (QED) is 0.571. The van der Waals surface area contributed by atoms with Crippen LogP contribution in [0.2, 0.25) is 0 Å². The third kappa shape index (κ3) is 2.38. The molecule has 26 heavy (non-hydrogen) atoms. The van der Waals surface area contributed by atoms with Crippen molar-refractivity contribution in [1.82, 2.24) is 19.3 Å². The molecule has 0 aliphatic carbocycles. The Morgan fingerprint density at radius 2 is 1.77 bits per heavy atom. The van der Waals surface area contributed by atoms with Crippen molar-refractivity contribution in [2.75, 3.05) is 7.11 Å². The number of methoxy groups -OCH3 is 1. The van der Waals surface area contributed by atoms with Gasteiger partial charge in [0.05, 0.1) is 24.4 Å². The molecule has 6 heteroatoms. The van der Waals surface area contributed by atoms with Crippen molar-refractivity contribution in [3.8, 4) is 17.3 Å². The van der Waals surface area contributed by atoms with Gasteiger partial charge in [-0.2, -0.15) is 9.78 Å². The molecule has 130 valence electrons. The van der Waals surface area contributed by atoms with Gasteiger partial charge in [-0.15, -0.1) is 0 Å². The van der Waals surface area contributed by atoms with Crippen LogP contribution in [0.1, 0.15) is 11.4 Å². The van der Waals surface area contributed by atoms with Gasteiger partial charge in [-0.05, 0) is 50.2 Å². The van der Waals surface area contributed by atoms with Crippen molar-refractivity contribution >= 4 is 10.8 Å². The fraction of sp³-hybridized carbons (Fsp3) is 0.150. The standard InChI is InChI=1S/C20H18N4O2/c1-13-17-12-22-24(15-7-9-16(26-3)10-8-15)20(25)19(17)14(2)23(13)18-6-4-5-11-21-18/h4-12H,1-3H3. The second-order valence-electron chi connectivity index (χ2n) is 6.04. The molecule has 0 fully saturated rings. The molecule has 0 aliphatic heterocycles. The Morgan fingerprint density at radius 1 is 1.00 bits per heavy atom. The highest BCUT2D eigenvalue weighted by molar-refractivity contribution is 5.88. The van der Waals surface area contributed by atoms with Crippen molar-refractivity contribution in [3.63, 3.8) is 0 Å². The molecular formula is C20H18N4O2. The average molecular weight is 346 g/mol. The van der Waals surface area contributed by atoms with E-state index in [-0.39, 0.29) is 5.56 Å². The van der Waals surface area contributed by atoms with Crippen molar-refractivity contribution in [1.29, 1.82) is 0 Å². The summed E-state index contributed by atoms with van der Waals surface area (Å²) in [5.41, 5.74) is 2.34. The van der Waals surface area contributed by atoms with Crippen molar-refractivity contribution in [2.45, 2.75) is 13.8 Å². The third-order valence-electron chi connectivity index (χ3n) is 4.60. The highest BCUT2D eigenvalue weighted by atomic mass is 16.5. The Hall–Kier alpha value is -3.41. The first-order chi connectivity index (χ1) is 12.6. The molecule has 0 radical (unpaired) electrons. The lowest BCUT2D eigenvalue weighted by atomic mass is 10.2. The minimum atomic E-state index is -0.150. The van der Waals surface area contributed by atoms with Crippen LogP contribution in [0, 0.1) is 13.8 Å². The monoisotopic (exact) mass is 346 g/mol. The predicted octanol–water partition coefficient (Wildman–Crippen LogP) is 3.20. The lowest BCUT2D eigenvalue weighted by molar-refractivity contribution is 0.414. The van der Waals surface area contributed by atoms with Gasteiger partial charge >= 0.3 is 0 Å². The molecule has 1 aromatic carbocycles. The van der Waals surface area contributed by atoms with E-state index < -0.39 is 0 Å². The first kappa shape index (κ1) is 16.1. The van der Waals surface area contributed by atoms with E-state index in [2.05, 4.69) is 10.1 Å². The molecule has 0 N–H and O–H groups in total. The van der Waals surface area contributed by atoms with E-state index in [4.69, 9.17) is 4.74 Å². The first-order valence-electron chi connectivity index (χ1n) is 8.27. The zero-order chi connectivity index (χ0) is 18.3. The molecule has 3 heterocycles. The number of pyridine rings is 1. The molecule has 4 aromatic rings. The van der Waals surface area contributed by atoms with E-state index in [1.807, 2.05) is 60.9 Å². The Bertz CT molecular complexity index is 1140. The number of ether oxygens (including phenoxy) is 1. The van der Waals surface area contributed by atoms with E-state index in [9.17, 15) is 4.79 Å².